The van der Waals surface area contributed by atoms with Gasteiger partial charge in [-0.3, -0.25) is 4.79 Å². The van der Waals surface area contributed by atoms with Crippen LogP contribution in [-0.2, 0) is 13.0 Å². The quantitative estimate of drug-likeness (QED) is 0.788. The number of aliphatic hydroxyl groups excluding tert-OH is 1. The summed E-state index contributed by atoms with van der Waals surface area (Å²) in [5, 5.41) is 9.28. The highest BCUT2D eigenvalue weighted by Crippen LogP contribution is 2.22. The minimum atomic E-state index is -0.364. The second-order valence-electron chi connectivity index (χ2n) is 4.21. The van der Waals surface area contributed by atoms with Crippen molar-refractivity contribution >= 4 is 5.91 Å². The smallest absolute Gasteiger partial charge is 0.254 e. The molecule has 0 bridgehead atoms. The summed E-state index contributed by atoms with van der Waals surface area (Å²) in [5.41, 5.74) is 2.89. The van der Waals surface area contributed by atoms with Crippen molar-refractivity contribution in [3.05, 3.63) is 34.9 Å². The highest BCUT2D eigenvalue weighted by Gasteiger charge is 2.24. The van der Waals surface area contributed by atoms with Gasteiger partial charge in [0.1, 0.15) is 0 Å². The van der Waals surface area contributed by atoms with E-state index in [2.05, 4.69) is 0 Å². The Morgan fingerprint density at radius 3 is 2.93 bits per heavy atom. The first-order valence-electron chi connectivity index (χ1n) is 5.13. The lowest BCUT2D eigenvalue weighted by molar-refractivity contribution is 0.0816. The van der Waals surface area contributed by atoms with E-state index in [1.54, 1.807) is 18.9 Å². The van der Waals surface area contributed by atoms with Crippen LogP contribution < -0.4 is 0 Å². The summed E-state index contributed by atoms with van der Waals surface area (Å²) in [6.45, 7) is 2.45. The minimum Gasteiger partial charge on any atom is -0.393 e. The summed E-state index contributed by atoms with van der Waals surface area (Å²) < 4.78 is 0. The number of carbonyl (C=O) groups excluding carboxylic acids is 1. The van der Waals surface area contributed by atoms with Crippen molar-refractivity contribution in [2.75, 3.05) is 7.05 Å². The molecule has 1 aromatic carbocycles. The predicted molar refractivity (Wildman–Crippen MR) is 57.6 cm³/mol. The fourth-order valence-electron chi connectivity index (χ4n) is 1.96. The Morgan fingerprint density at radius 1 is 1.53 bits per heavy atom. The van der Waals surface area contributed by atoms with Crippen molar-refractivity contribution in [1.82, 2.24) is 4.90 Å². The fraction of sp³-hybridized carbons (Fsp3) is 0.417. The molecule has 1 aliphatic rings. The molecule has 0 saturated heterocycles. The number of carbonyl (C=O) groups is 1. The Hall–Kier alpha value is -1.35. The standard InChI is InChI=1S/C12H15NO2/c1-8(14)5-9-3-4-10-7-13(2)12(15)11(10)6-9/h3-4,6,8,14H,5,7H2,1-2H3. The summed E-state index contributed by atoms with van der Waals surface area (Å²) in [6.07, 6.45) is 0.238. The molecule has 0 spiro atoms. The number of rotatable bonds is 2. The first-order chi connectivity index (χ1) is 7.08. The van der Waals surface area contributed by atoms with E-state index < -0.39 is 0 Å². The van der Waals surface area contributed by atoms with E-state index in [9.17, 15) is 9.90 Å². The Balaban J connectivity index is 2.31. The van der Waals surface area contributed by atoms with E-state index in [1.165, 1.54) is 0 Å². The molecule has 0 fully saturated rings. The van der Waals surface area contributed by atoms with Crippen LogP contribution in [0.3, 0.4) is 0 Å². The number of nitrogens with zero attached hydrogens (tertiary/aromatic N) is 1. The molecule has 1 aromatic rings. The molecule has 1 heterocycles. The monoisotopic (exact) mass is 205 g/mol. The van der Waals surface area contributed by atoms with E-state index >= 15 is 0 Å². The molecular weight excluding hydrogens is 190 g/mol. The van der Waals surface area contributed by atoms with Crippen LogP contribution in [0.15, 0.2) is 18.2 Å². The molecule has 0 aliphatic carbocycles. The van der Waals surface area contributed by atoms with Gasteiger partial charge >= 0.3 is 0 Å². The summed E-state index contributed by atoms with van der Waals surface area (Å²) in [4.78, 5) is 13.4. The van der Waals surface area contributed by atoms with Crippen LogP contribution in [-0.4, -0.2) is 29.1 Å². The molecule has 15 heavy (non-hydrogen) atoms. The maximum Gasteiger partial charge on any atom is 0.254 e. The number of hydrogen-bond acceptors (Lipinski definition) is 2. The molecule has 0 saturated carbocycles. The molecule has 0 radical (unpaired) electrons. The number of aliphatic hydroxyl groups is 1. The van der Waals surface area contributed by atoms with E-state index in [-0.39, 0.29) is 12.0 Å². The Kier molecular flexibility index (Phi) is 2.49. The lowest BCUT2D eigenvalue weighted by Crippen LogP contribution is -2.17. The van der Waals surface area contributed by atoms with Gasteiger partial charge in [-0.1, -0.05) is 12.1 Å². The van der Waals surface area contributed by atoms with Crippen LogP contribution in [0.25, 0.3) is 0 Å². The van der Waals surface area contributed by atoms with Crippen LogP contribution >= 0.6 is 0 Å². The molecule has 1 atom stereocenters. The van der Waals surface area contributed by atoms with Gasteiger partial charge in [0, 0.05) is 19.2 Å². The van der Waals surface area contributed by atoms with Crippen molar-refractivity contribution in [2.45, 2.75) is 26.0 Å². The number of hydrogen-bond donors (Lipinski definition) is 1. The van der Waals surface area contributed by atoms with Crippen LogP contribution in [0.5, 0.6) is 0 Å². The van der Waals surface area contributed by atoms with E-state index in [0.29, 0.717) is 13.0 Å². The Bertz CT molecular complexity index is 399. The molecule has 1 unspecified atom stereocenters. The second-order valence-corrected chi connectivity index (χ2v) is 4.21. The molecule has 2 rings (SSSR count). The van der Waals surface area contributed by atoms with Gasteiger partial charge < -0.3 is 10.0 Å². The summed E-state index contributed by atoms with van der Waals surface area (Å²) in [6, 6.07) is 5.86. The lowest BCUT2D eigenvalue weighted by atomic mass is 10.0. The summed E-state index contributed by atoms with van der Waals surface area (Å²) in [5.74, 6) is 0.0810. The highest BCUT2D eigenvalue weighted by molar-refractivity contribution is 5.98. The first-order valence-corrected chi connectivity index (χ1v) is 5.13. The van der Waals surface area contributed by atoms with Crippen molar-refractivity contribution < 1.29 is 9.90 Å². The zero-order valence-corrected chi connectivity index (χ0v) is 9.03. The topological polar surface area (TPSA) is 40.5 Å². The molecule has 0 aromatic heterocycles. The first kappa shape index (κ1) is 10.2. The highest BCUT2D eigenvalue weighted by atomic mass is 16.3. The molecule has 3 heteroatoms. The largest absolute Gasteiger partial charge is 0.393 e. The summed E-state index contributed by atoms with van der Waals surface area (Å²) >= 11 is 0. The van der Waals surface area contributed by atoms with Crippen LogP contribution in [0.1, 0.15) is 28.4 Å². The van der Waals surface area contributed by atoms with Crippen LogP contribution in [0, 0.1) is 0 Å². The van der Waals surface area contributed by atoms with Gasteiger partial charge in [-0.15, -0.1) is 0 Å². The average molecular weight is 205 g/mol. The molecule has 80 valence electrons. The normalized spacial score (nSPS) is 16.7. The number of fused-ring (bicyclic) bond motifs is 1. The molecule has 1 amide bonds. The maximum atomic E-state index is 11.7. The van der Waals surface area contributed by atoms with E-state index in [4.69, 9.17) is 0 Å². The Labute approximate surface area is 89.3 Å². The van der Waals surface area contributed by atoms with Crippen LogP contribution in [0.4, 0.5) is 0 Å². The predicted octanol–water partition coefficient (Wildman–Crippen LogP) is 1.20. The fourth-order valence-corrected chi connectivity index (χ4v) is 1.96. The van der Waals surface area contributed by atoms with Gasteiger partial charge in [0.25, 0.3) is 5.91 Å². The van der Waals surface area contributed by atoms with Crippen LogP contribution in [0.2, 0.25) is 0 Å². The van der Waals surface area contributed by atoms with Gasteiger partial charge in [0.05, 0.1) is 6.10 Å². The van der Waals surface area contributed by atoms with E-state index in [1.807, 2.05) is 18.2 Å². The second kappa shape index (κ2) is 3.66. The third-order valence-corrected chi connectivity index (χ3v) is 2.69. The van der Waals surface area contributed by atoms with Crippen molar-refractivity contribution in [3.63, 3.8) is 0 Å². The van der Waals surface area contributed by atoms with Gasteiger partial charge in [0.15, 0.2) is 0 Å². The van der Waals surface area contributed by atoms with Gasteiger partial charge in [-0.25, -0.2) is 0 Å². The molecule has 3 nitrogen and oxygen atoms in total. The zero-order chi connectivity index (χ0) is 11.0. The molecule has 1 N–H and O–H groups in total. The third kappa shape index (κ3) is 1.88. The van der Waals surface area contributed by atoms with Crippen molar-refractivity contribution in [1.29, 1.82) is 0 Å². The number of amides is 1. The summed E-state index contributed by atoms with van der Waals surface area (Å²) in [7, 11) is 1.80. The third-order valence-electron chi connectivity index (χ3n) is 2.69. The van der Waals surface area contributed by atoms with Gasteiger partial charge in [0.2, 0.25) is 0 Å². The molecule has 1 aliphatic heterocycles. The van der Waals surface area contributed by atoms with E-state index in [0.717, 1.165) is 16.7 Å². The average Bonchev–Trinajstić information content (AvgIpc) is 2.43. The lowest BCUT2D eigenvalue weighted by Gasteiger charge is -2.05. The van der Waals surface area contributed by atoms with Crippen molar-refractivity contribution in [2.24, 2.45) is 0 Å². The van der Waals surface area contributed by atoms with Gasteiger partial charge in [-0.2, -0.15) is 0 Å². The number of benzene rings is 1. The SMILES string of the molecule is CC(O)Cc1ccc2c(c1)C(=O)N(C)C2. The van der Waals surface area contributed by atoms with Gasteiger partial charge in [-0.05, 0) is 30.5 Å². The van der Waals surface area contributed by atoms with Crippen molar-refractivity contribution in [3.8, 4) is 0 Å². The maximum absolute atomic E-state index is 11.7. The zero-order valence-electron chi connectivity index (χ0n) is 9.03. The Morgan fingerprint density at radius 2 is 2.27 bits per heavy atom. The molecular formula is C12H15NO2. The minimum absolute atomic E-state index is 0.0810.